The van der Waals surface area contributed by atoms with Crippen LogP contribution >= 0.6 is 0 Å². The van der Waals surface area contributed by atoms with Crippen LogP contribution in [0.25, 0.3) is 0 Å². The van der Waals surface area contributed by atoms with Gasteiger partial charge in [0.1, 0.15) is 0 Å². The molecule has 1 aliphatic heterocycles. The molecule has 0 unspecified atom stereocenters. The highest BCUT2D eigenvalue weighted by Gasteiger charge is 2.30. The zero-order valence-electron chi connectivity index (χ0n) is 11.1. The van der Waals surface area contributed by atoms with E-state index in [0.717, 1.165) is 6.07 Å². The molecule has 1 aromatic carbocycles. The van der Waals surface area contributed by atoms with Crippen LogP contribution in [-0.2, 0) is 0 Å². The van der Waals surface area contributed by atoms with E-state index in [4.69, 9.17) is 0 Å². The van der Waals surface area contributed by atoms with E-state index in [1.165, 1.54) is 12.1 Å². The maximum atomic E-state index is 13.1. The number of piperidine rings is 1. The van der Waals surface area contributed by atoms with E-state index in [1.54, 1.807) is 11.8 Å². The molecule has 2 rings (SSSR count). The first-order valence-electron chi connectivity index (χ1n) is 6.34. The lowest BCUT2D eigenvalue weighted by molar-refractivity contribution is -0.385. The summed E-state index contributed by atoms with van der Waals surface area (Å²) in [4.78, 5) is 11.7. The van der Waals surface area contributed by atoms with Crippen molar-refractivity contribution in [2.45, 2.75) is 31.8 Å². The second kappa shape index (κ2) is 5.32. The van der Waals surface area contributed by atoms with Crippen molar-refractivity contribution in [2.75, 3.05) is 18.0 Å². The fraction of sp³-hybridized carbons (Fsp3) is 0.538. The highest BCUT2D eigenvalue weighted by atomic mass is 19.3. The molecule has 7 heteroatoms. The Morgan fingerprint density at radius 2 is 2.00 bits per heavy atom. The van der Waals surface area contributed by atoms with E-state index < -0.39 is 16.9 Å². The van der Waals surface area contributed by atoms with Crippen molar-refractivity contribution in [1.82, 2.24) is 0 Å². The Labute approximate surface area is 115 Å². The van der Waals surface area contributed by atoms with Crippen molar-refractivity contribution in [3.63, 3.8) is 0 Å². The molecule has 0 aliphatic carbocycles. The minimum Gasteiger partial charge on any atom is -0.390 e. The SMILES string of the molecule is CC1(O)CCN(c2ccc([N+](=O)[O-])cc2C(F)F)CC1. The molecule has 0 amide bonds. The quantitative estimate of drug-likeness (QED) is 0.685. The minimum atomic E-state index is -2.77. The number of rotatable bonds is 3. The van der Waals surface area contributed by atoms with Gasteiger partial charge in [-0.15, -0.1) is 0 Å². The van der Waals surface area contributed by atoms with Crippen LogP contribution in [0.15, 0.2) is 18.2 Å². The Morgan fingerprint density at radius 3 is 2.50 bits per heavy atom. The lowest BCUT2D eigenvalue weighted by Gasteiger charge is -2.37. The Balaban J connectivity index is 2.30. The van der Waals surface area contributed by atoms with E-state index in [1.807, 2.05) is 0 Å². The molecular weight excluding hydrogens is 270 g/mol. The maximum absolute atomic E-state index is 13.1. The summed E-state index contributed by atoms with van der Waals surface area (Å²) in [6.45, 7) is 2.61. The Morgan fingerprint density at radius 1 is 1.40 bits per heavy atom. The number of nitro groups is 1. The summed E-state index contributed by atoms with van der Waals surface area (Å²) >= 11 is 0. The van der Waals surface area contributed by atoms with Gasteiger partial charge in [0.25, 0.3) is 12.1 Å². The molecule has 1 heterocycles. The molecule has 0 saturated carbocycles. The number of halogens is 2. The molecule has 5 nitrogen and oxygen atoms in total. The molecule has 1 aliphatic rings. The highest BCUT2D eigenvalue weighted by Crippen LogP contribution is 2.35. The molecule has 0 aromatic heterocycles. The summed E-state index contributed by atoms with van der Waals surface area (Å²) in [6.07, 6.45) is -1.81. The number of benzene rings is 1. The molecule has 1 saturated heterocycles. The molecule has 1 fully saturated rings. The zero-order valence-corrected chi connectivity index (χ0v) is 11.1. The van der Waals surface area contributed by atoms with Gasteiger partial charge in [-0.3, -0.25) is 10.1 Å². The summed E-state index contributed by atoms with van der Waals surface area (Å²) in [5.74, 6) is 0. The van der Waals surface area contributed by atoms with E-state index >= 15 is 0 Å². The van der Waals surface area contributed by atoms with Crippen molar-refractivity contribution in [3.8, 4) is 0 Å². The van der Waals surface area contributed by atoms with Gasteiger partial charge in [-0.1, -0.05) is 0 Å². The molecule has 0 atom stereocenters. The second-order valence-electron chi connectivity index (χ2n) is 5.28. The first kappa shape index (κ1) is 14.6. The van der Waals surface area contributed by atoms with Crippen LogP contribution in [0.3, 0.4) is 0 Å². The molecular formula is C13H16F2N2O3. The van der Waals surface area contributed by atoms with Gasteiger partial charge in [-0.2, -0.15) is 0 Å². The molecule has 0 bridgehead atoms. The second-order valence-corrected chi connectivity index (χ2v) is 5.28. The fourth-order valence-corrected chi connectivity index (χ4v) is 2.35. The van der Waals surface area contributed by atoms with Crippen molar-refractivity contribution in [1.29, 1.82) is 0 Å². The number of nitrogens with zero attached hydrogens (tertiary/aromatic N) is 2. The summed E-state index contributed by atoms with van der Waals surface area (Å²) in [5.41, 5.74) is -1.14. The van der Waals surface area contributed by atoms with Crippen LogP contribution in [0.2, 0.25) is 0 Å². The van der Waals surface area contributed by atoms with Gasteiger partial charge >= 0.3 is 0 Å². The minimum absolute atomic E-state index is 0.307. The van der Waals surface area contributed by atoms with Gasteiger partial charge in [0, 0.05) is 36.5 Å². The average Bonchev–Trinajstić information content (AvgIpc) is 2.38. The molecule has 1 N–H and O–H groups in total. The molecule has 0 spiro atoms. The topological polar surface area (TPSA) is 66.6 Å². The van der Waals surface area contributed by atoms with Gasteiger partial charge < -0.3 is 10.0 Å². The number of non-ortho nitro benzene ring substituents is 1. The van der Waals surface area contributed by atoms with Crippen molar-refractivity contribution < 1.29 is 18.8 Å². The van der Waals surface area contributed by atoms with Crippen LogP contribution < -0.4 is 4.90 Å². The smallest absolute Gasteiger partial charge is 0.270 e. The lowest BCUT2D eigenvalue weighted by atomic mass is 9.93. The first-order valence-corrected chi connectivity index (χ1v) is 6.34. The number of hydrogen-bond acceptors (Lipinski definition) is 4. The van der Waals surface area contributed by atoms with Crippen LogP contribution in [-0.4, -0.2) is 28.7 Å². The number of alkyl halides is 2. The summed E-state index contributed by atoms with van der Waals surface area (Å²) < 4.78 is 26.2. The summed E-state index contributed by atoms with van der Waals surface area (Å²) in [5, 5.41) is 20.5. The van der Waals surface area contributed by atoms with Crippen molar-refractivity contribution in [2.24, 2.45) is 0 Å². The van der Waals surface area contributed by atoms with Crippen molar-refractivity contribution in [3.05, 3.63) is 33.9 Å². The molecule has 20 heavy (non-hydrogen) atoms. The van der Waals surface area contributed by atoms with Crippen LogP contribution in [0.1, 0.15) is 31.8 Å². The fourth-order valence-electron chi connectivity index (χ4n) is 2.35. The number of nitro benzene ring substituents is 1. The van der Waals surface area contributed by atoms with Gasteiger partial charge in [-0.25, -0.2) is 8.78 Å². The number of anilines is 1. The van der Waals surface area contributed by atoms with Gasteiger partial charge in [0.05, 0.1) is 10.5 Å². The predicted octanol–water partition coefficient (Wildman–Crippen LogP) is 2.88. The van der Waals surface area contributed by atoms with E-state index in [-0.39, 0.29) is 11.3 Å². The van der Waals surface area contributed by atoms with Crippen LogP contribution in [0.5, 0.6) is 0 Å². The Hall–Kier alpha value is -1.76. The highest BCUT2D eigenvalue weighted by molar-refractivity contribution is 5.58. The zero-order chi connectivity index (χ0) is 14.9. The number of aliphatic hydroxyl groups is 1. The van der Waals surface area contributed by atoms with Crippen LogP contribution in [0, 0.1) is 10.1 Å². The van der Waals surface area contributed by atoms with Gasteiger partial charge in [0.2, 0.25) is 0 Å². The Kier molecular flexibility index (Phi) is 3.89. The summed E-state index contributed by atoms with van der Waals surface area (Å²) in [6, 6.07) is 3.51. The van der Waals surface area contributed by atoms with E-state index in [0.29, 0.717) is 31.6 Å². The number of hydrogen-bond donors (Lipinski definition) is 1. The summed E-state index contributed by atoms with van der Waals surface area (Å²) in [7, 11) is 0. The van der Waals surface area contributed by atoms with E-state index in [2.05, 4.69) is 0 Å². The van der Waals surface area contributed by atoms with E-state index in [9.17, 15) is 24.0 Å². The monoisotopic (exact) mass is 286 g/mol. The van der Waals surface area contributed by atoms with Gasteiger partial charge in [0.15, 0.2) is 0 Å². The third-order valence-electron chi connectivity index (χ3n) is 3.64. The standard InChI is InChI=1S/C13H16F2N2O3/c1-13(18)4-6-16(7-5-13)11-3-2-9(17(19)20)8-10(11)12(14)15/h2-3,8,12,18H,4-7H2,1H3. The first-order chi connectivity index (χ1) is 9.30. The molecule has 1 aromatic rings. The third kappa shape index (κ3) is 3.04. The predicted molar refractivity (Wildman–Crippen MR) is 70.1 cm³/mol. The normalized spacial score (nSPS) is 18.4. The largest absolute Gasteiger partial charge is 0.390 e. The molecule has 110 valence electrons. The Bertz CT molecular complexity index is 510. The van der Waals surface area contributed by atoms with Crippen LogP contribution in [0.4, 0.5) is 20.2 Å². The molecule has 0 radical (unpaired) electrons. The maximum Gasteiger partial charge on any atom is 0.270 e. The lowest BCUT2D eigenvalue weighted by Crippen LogP contribution is -2.42. The van der Waals surface area contributed by atoms with Gasteiger partial charge in [-0.05, 0) is 25.8 Å². The average molecular weight is 286 g/mol. The van der Waals surface area contributed by atoms with Crippen molar-refractivity contribution >= 4 is 11.4 Å². The third-order valence-corrected chi connectivity index (χ3v) is 3.64.